The smallest absolute Gasteiger partial charge is 0.231 e. The van der Waals surface area contributed by atoms with Crippen LogP contribution in [0.2, 0.25) is 0 Å². The minimum atomic E-state index is -0.206. The molecule has 0 aromatic rings. The fourth-order valence-electron chi connectivity index (χ4n) is 3.51. The van der Waals surface area contributed by atoms with E-state index in [4.69, 9.17) is 5.73 Å². The molecule has 5 heteroatoms. The van der Waals surface area contributed by atoms with Gasteiger partial charge in [0.15, 0.2) is 0 Å². The third-order valence-corrected chi connectivity index (χ3v) is 4.72. The summed E-state index contributed by atoms with van der Waals surface area (Å²) in [7, 11) is 0. The Morgan fingerprint density at radius 2 is 1.74 bits per heavy atom. The normalized spacial score (nSPS) is 30.8. The molecule has 0 bridgehead atoms. The zero-order valence-corrected chi connectivity index (χ0v) is 11.7. The third kappa shape index (κ3) is 3.68. The maximum Gasteiger partial charge on any atom is 0.231 e. The molecular formula is C14H26N4O. The van der Waals surface area contributed by atoms with Crippen LogP contribution in [0.15, 0.2) is 0 Å². The van der Waals surface area contributed by atoms with Crippen LogP contribution in [0, 0.1) is 0 Å². The van der Waals surface area contributed by atoms with Gasteiger partial charge in [-0.3, -0.25) is 14.6 Å². The number of nitrogens with zero attached hydrogens (tertiary/aromatic N) is 2. The van der Waals surface area contributed by atoms with E-state index in [9.17, 15) is 4.79 Å². The lowest BCUT2D eigenvalue weighted by Gasteiger charge is -2.33. The number of amides is 1. The van der Waals surface area contributed by atoms with Crippen molar-refractivity contribution in [2.75, 3.05) is 32.7 Å². The number of nitrogens with one attached hydrogen (secondary N) is 1. The zero-order valence-electron chi connectivity index (χ0n) is 11.7. The predicted octanol–water partition coefficient (Wildman–Crippen LogP) is -0.238. The number of hydrogen-bond donors (Lipinski definition) is 2. The van der Waals surface area contributed by atoms with Gasteiger partial charge in [-0.2, -0.15) is 0 Å². The van der Waals surface area contributed by atoms with Gasteiger partial charge in [-0.05, 0) is 32.1 Å². The van der Waals surface area contributed by atoms with Crippen LogP contribution in [0.4, 0.5) is 0 Å². The van der Waals surface area contributed by atoms with E-state index in [-0.39, 0.29) is 5.91 Å². The molecule has 1 saturated carbocycles. The Morgan fingerprint density at radius 3 is 2.37 bits per heavy atom. The topological polar surface area (TPSA) is 61.6 Å². The lowest BCUT2D eigenvalue weighted by molar-refractivity contribution is -0.119. The lowest BCUT2D eigenvalue weighted by atomic mass is 10.0. The average molecular weight is 266 g/mol. The first kappa shape index (κ1) is 13.3. The maximum absolute atomic E-state index is 10.9. The van der Waals surface area contributed by atoms with E-state index in [1.165, 1.54) is 32.4 Å². The van der Waals surface area contributed by atoms with Crippen molar-refractivity contribution in [2.45, 2.75) is 50.2 Å². The third-order valence-electron chi connectivity index (χ3n) is 4.72. The summed E-state index contributed by atoms with van der Waals surface area (Å²) in [6, 6.07) is 2.23. The monoisotopic (exact) mass is 266 g/mol. The molecule has 5 nitrogen and oxygen atoms in total. The van der Waals surface area contributed by atoms with E-state index in [0.29, 0.717) is 18.6 Å². The molecule has 0 radical (unpaired) electrons. The summed E-state index contributed by atoms with van der Waals surface area (Å²) in [5, 5.41) is 3.82. The highest BCUT2D eigenvalue weighted by Crippen LogP contribution is 2.30. The summed E-state index contributed by atoms with van der Waals surface area (Å²) in [5.41, 5.74) is 5.24. The van der Waals surface area contributed by atoms with Gasteiger partial charge in [0.25, 0.3) is 0 Å². The minimum Gasteiger partial charge on any atom is -0.369 e. The number of carbonyl (C=O) groups excluding carboxylic acids is 1. The average Bonchev–Trinajstić information content (AvgIpc) is 3.12. The fraction of sp³-hybridized carbons (Fsp3) is 0.929. The molecule has 19 heavy (non-hydrogen) atoms. The standard InChI is InChI=1S/C14H26N4O/c15-14(19)10-17-6-3-11(4-7-17)16-12-5-8-18(9-12)13-1-2-13/h11-13,16H,1-10H2,(H2,15,19). The van der Waals surface area contributed by atoms with Gasteiger partial charge in [0.1, 0.15) is 0 Å². The van der Waals surface area contributed by atoms with Crippen molar-refractivity contribution in [3.05, 3.63) is 0 Å². The largest absolute Gasteiger partial charge is 0.369 e. The van der Waals surface area contributed by atoms with Crippen LogP contribution in [0.3, 0.4) is 0 Å². The molecular weight excluding hydrogens is 240 g/mol. The van der Waals surface area contributed by atoms with Gasteiger partial charge >= 0.3 is 0 Å². The van der Waals surface area contributed by atoms with E-state index in [1.807, 2.05) is 0 Å². The Hall–Kier alpha value is -0.650. The summed E-state index contributed by atoms with van der Waals surface area (Å²) >= 11 is 0. The zero-order chi connectivity index (χ0) is 13.2. The summed E-state index contributed by atoms with van der Waals surface area (Å²) in [6.07, 6.45) is 6.43. The van der Waals surface area contributed by atoms with E-state index in [2.05, 4.69) is 15.1 Å². The summed E-state index contributed by atoms with van der Waals surface area (Å²) in [5.74, 6) is -0.206. The SMILES string of the molecule is NC(=O)CN1CCC(NC2CCN(C3CC3)C2)CC1. The number of hydrogen-bond acceptors (Lipinski definition) is 4. The van der Waals surface area contributed by atoms with Gasteiger partial charge < -0.3 is 11.1 Å². The predicted molar refractivity (Wildman–Crippen MR) is 74.8 cm³/mol. The van der Waals surface area contributed by atoms with Crippen LogP contribution < -0.4 is 11.1 Å². The Labute approximate surface area is 115 Å². The highest BCUT2D eigenvalue weighted by molar-refractivity contribution is 5.75. The molecule has 0 spiro atoms. The van der Waals surface area contributed by atoms with Crippen molar-refractivity contribution >= 4 is 5.91 Å². The number of nitrogens with two attached hydrogens (primary N) is 1. The first-order chi connectivity index (χ1) is 9.20. The van der Waals surface area contributed by atoms with Crippen molar-refractivity contribution in [1.29, 1.82) is 0 Å². The minimum absolute atomic E-state index is 0.206. The second-order valence-electron chi connectivity index (χ2n) is 6.40. The molecule has 3 rings (SSSR count). The molecule has 0 aromatic heterocycles. The molecule has 2 aliphatic heterocycles. The summed E-state index contributed by atoms with van der Waals surface area (Å²) in [6.45, 7) is 4.94. The van der Waals surface area contributed by atoms with Crippen molar-refractivity contribution in [2.24, 2.45) is 5.73 Å². The molecule has 1 aliphatic carbocycles. The molecule has 1 unspecified atom stereocenters. The van der Waals surface area contributed by atoms with Crippen molar-refractivity contribution in [3.63, 3.8) is 0 Å². The highest BCUT2D eigenvalue weighted by atomic mass is 16.1. The molecule has 2 saturated heterocycles. The van der Waals surface area contributed by atoms with E-state index < -0.39 is 0 Å². The van der Waals surface area contributed by atoms with Gasteiger partial charge in [0.05, 0.1) is 6.54 Å². The molecule has 108 valence electrons. The van der Waals surface area contributed by atoms with Crippen molar-refractivity contribution in [3.8, 4) is 0 Å². The van der Waals surface area contributed by atoms with Crippen LogP contribution >= 0.6 is 0 Å². The number of likely N-dealkylation sites (tertiary alicyclic amines) is 2. The van der Waals surface area contributed by atoms with Gasteiger partial charge in [-0.1, -0.05) is 0 Å². The number of rotatable bonds is 5. The van der Waals surface area contributed by atoms with E-state index in [0.717, 1.165) is 32.0 Å². The van der Waals surface area contributed by atoms with Crippen LogP contribution in [-0.4, -0.2) is 66.6 Å². The summed E-state index contributed by atoms with van der Waals surface area (Å²) < 4.78 is 0. The van der Waals surface area contributed by atoms with Gasteiger partial charge in [-0.15, -0.1) is 0 Å². The number of primary amides is 1. The van der Waals surface area contributed by atoms with Gasteiger partial charge in [0, 0.05) is 44.3 Å². The Morgan fingerprint density at radius 1 is 1.05 bits per heavy atom. The number of carbonyl (C=O) groups is 1. The first-order valence-corrected chi connectivity index (χ1v) is 7.71. The van der Waals surface area contributed by atoms with Crippen LogP contribution in [0.1, 0.15) is 32.1 Å². The second-order valence-corrected chi connectivity index (χ2v) is 6.40. The molecule has 1 atom stereocenters. The highest BCUT2D eigenvalue weighted by Gasteiger charge is 2.35. The Kier molecular flexibility index (Phi) is 4.05. The molecule has 3 fully saturated rings. The Balaban J connectivity index is 1.36. The molecule has 3 N–H and O–H groups in total. The molecule has 1 amide bonds. The van der Waals surface area contributed by atoms with Crippen LogP contribution in [0.5, 0.6) is 0 Å². The van der Waals surface area contributed by atoms with Gasteiger partial charge in [0.2, 0.25) is 5.91 Å². The van der Waals surface area contributed by atoms with Gasteiger partial charge in [-0.25, -0.2) is 0 Å². The Bertz CT molecular complexity index is 323. The van der Waals surface area contributed by atoms with E-state index >= 15 is 0 Å². The molecule has 2 heterocycles. The fourth-order valence-corrected chi connectivity index (χ4v) is 3.51. The second kappa shape index (κ2) is 5.77. The molecule has 3 aliphatic rings. The van der Waals surface area contributed by atoms with Crippen LogP contribution in [0.25, 0.3) is 0 Å². The lowest BCUT2D eigenvalue weighted by Crippen LogP contribution is -2.48. The van der Waals surface area contributed by atoms with Crippen LogP contribution in [-0.2, 0) is 4.79 Å². The summed E-state index contributed by atoms with van der Waals surface area (Å²) in [4.78, 5) is 15.7. The van der Waals surface area contributed by atoms with Crippen molar-refractivity contribution < 1.29 is 4.79 Å². The van der Waals surface area contributed by atoms with E-state index in [1.54, 1.807) is 0 Å². The first-order valence-electron chi connectivity index (χ1n) is 7.71. The van der Waals surface area contributed by atoms with Crippen molar-refractivity contribution in [1.82, 2.24) is 15.1 Å². The molecule has 0 aromatic carbocycles. The number of piperidine rings is 1. The maximum atomic E-state index is 10.9. The quantitative estimate of drug-likeness (QED) is 0.721.